The first-order valence-electron chi connectivity index (χ1n) is 7.46. The predicted octanol–water partition coefficient (Wildman–Crippen LogP) is 2.33. The summed E-state index contributed by atoms with van der Waals surface area (Å²) in [6.45, 7) is 1.90. The Morgan fingerprint density at radius 1 is 0.696 bits per heavy atom. The first-order chi connectivity index (χ1) is 10.3. The van der Waals surface area contributed by atoms with Crippen LogP contribution in [0.1, 0.15) is 11.4 Å². The molecule has 0 saturated heterocycles. The van der Waals surface area contributed by atoms with Crippen LogP contribution in [0.4, 0.5) is 0 Å². The SMILES string of the molecule is CN(C)C.CN(C)C.CN(Cc1ccc[nH]1)Cc1ccc[nH]1.[Ti]. The Hall–Kier alpha value is -0.846. The second kappa shape index (κ2) is 14.7. The van der Waals surface area contributed by atoms with Gasteiger partial charge in [0.2, 0.25) is 0 Å². The summed E-state index contributed by atoms with van der Waals surface area (Å²) in [7, 11) is 14.1. The van der Waals surface area contributed by atoms with Gasteiger partial charge in [-0.15, -0.1) is 0 Å². The van der Waals surface area contributed by atoms with Gasteiger partial charge in [-0.3, -0.25) is 4.90 Å². The molecule has 2 rings (SSSR count). The van der Waals surface area contributed by atoms with Crippen molar-refractivity contribution in [1.29, 1.82) is 0 Å². The van der Waals surface area contributed by atoms with E-state index in [4.69, 9.17) is 0 Å². The van der Waals surface area contributed by atoms with Gasteiger partial charge in [0.25, 0.3) is 0 Å². The average molecular weight is 355 g/mol. The number of hydrogen-bond acceptors (Lipinski definition) is 3. The van der Waals surface area contributed by atoms with Gasteiger partial charge in [-0.25, -0.2) is 0 Å². The molecule has 5 nitrogen and oxygen atoms in total. The average Bonchev–Trinajstić information content (AvgIpc) is 3.00. The number of aromatic amines is 2. The van der Waals surface area contributed by atoms with E-state index in [1.165, 1.54) is 11.4 Å². The van der Waals surface area contributed by atoms with E-state index in [0.717, 1.165) is 13.1 Å². The molecule has 0 fully saturated rings. The zero-order chi connectivity index (χ0) is 17.0. The second-order valence-corrected chi connectivity index (χ2v) is 6.25. The van der Waals surface area contributed by atoms with Crippen LogP contribution in [0, 0.1) is 0 Å². The topological polar surface area (TPSA) is 41.3 Å². The molecule has 0 aliphatic heterocycles. The summed E-state index contributed by atoms with van der Waals surface area (Å²) in [5.41, 5.74) is 2.50. The summed E-state index contributed by atoms with van der Waals surface area (Å²) in [6, 6.07) is 8.26. The summed E-state index contributed by atoms with van der Waals surface area (Å²) in [4.78, 5) is 12.7. The monoisotopic (exact) mass is 355 g/mol. The Kier molecular flexibility index (Phi) is 15.6. The maximum Gasteiger partial charge on any atom is 0.0386 e. The Morgan fingerprint density at radius 2 is 1.00 bits per heavy atom. The third-order valence-corrected chi connectivity index (χ3v) is 2.21. The van der Waals surface area contributed by atoms with Gasteiger partial charge >= 0.3 is 0 Å². The normalized spacial score (nSPS) is 9.83. The van der Waals surface area contributed by atoms with Crippen molar-refractivity contribution in [3.63, 3.8) is 0 Å². The summed E-state index contributed by atoms with van der Waals surface area (Å²) in [5, 5.41) is 0. The Morgan fingerprint density at radius 3 is 1.22 bits per heavy atom. The number of rotatable bonds is 4. The van der Waals surface area contributed by atoms with Gasteiger partial charge in [-0.05, 0) is 73.6 Å². The fourth-order valence-corrected chi connectivity index (χ4v) is 1.57. The van der Waals surface area contributed by atoms with Crippen molar-refractivity contribution in [1.82, 2.24) is 24.7 Å². The van der Waals surface area contributed by atoms with E-state index in [1.807, 2.05) is 76.6 Å². The molecule has 0 aromatic carbocycles. The van der Waals surface area contributed by atoms with Gasteiger partial charge in [0.05, 0.1) is 0 Å². The van der Waals surface area contributed by atoms with E-state index >= 15 is 0 Å². The van der Waals surface area contributed by atoms with E-state index in [-0.39, 0.29) is 21.7 Å². The van der Waals surface area contributed by atoms with Gasteiger partial charge in [-0.2, -0.15) is 0 Å². The van der Waals surface area contributed by atoms with Gasteiger partial charge in [0.15, 0.2) is 0 Å². The molecule has 2 N–H and O–H groups in total. The quantitative estimate of drug-likeness (QED) is 0.828. The van der Waals surface area contributed by atoms with Crippen LogP contribution in [0.3, 0.4) is 0 Å². The van der Waals surface area contributed by atoms with Crippen molar-refractivity contribution in [3.05, 3.63) is 48.0 Å². The number of nitrogens with one attached hydrogen (secondary N) is 2. The summed E-state index contributed by atoms with van der Waals surface area (Å²) in [6.07, 6.45) is 3.91. The molecule has 0 atom stereocenters. The molecule has 2 heterocycles. The molecule has 0 aliphatic rings. The van der Waals surface area contributed by atoms with Crippen molar-refractivity contribution in [2.75, 3.05) is 49.3 Å². The van der Waals surface area contributed by atoms with Crippen molar-refractivity contribution >= 4 is 0 Å². The molecule has 0 saturated carbocycles. The molecule has 0 amide bonds. The van der Waals surface area contributed by atoms with E-state index in [2.05, 4.69) is 34.0 Å². The first kappa shape index (κ1) is 24.4. The smallest absolute Gasteiger partial charge is 0.0386 e. The van der Waals surface area contributed by atoms with Crippen molar-refractivity contribution in [2.45, 2.75) is 13.1 Å². The minimum atomic E-state index is 0. The Balaban J connectivity index is 0. The minimum Gasteiger partial charge on any atom is -0.364 e. The van der Waals surface area contributed by atoms with E-state index in [9.17, 15) is 0 Å². The van der Waals surface area contributed by atoms with Crippen LogP contribution in [0.25, 0.3) is 0 Å². The van der Waals surface area contributed by atoms with Gasteiger partial charge < -0.3 is 19.8 Å². The molecule has 0 spiro atoms. The van der Waals surface area contributed by atoms with Crippen LogP contribution in [0.2, 0.25) is 0 Å². The van der Waals surface area contributed by atoms with Gasteiger partial charge in [0.1, 0.15) is 0 Å². The van der Waals surface area contributed by atoms with Crippen LogP contribution in [0.5, 0.6) is 0 Å². The van der Waals surface area contributed by atoms with Crippen LogP contribution < -0.4 is 0 Å². The zero-order valence-electron chi connectivity index (χ0n) is 15.7. The maximum absolute atomic E-state index is 3.20. The largest absolute Gasteiger partial charge is 0.364 e. The molecule has 23 heavy (non-hydrogen) atoms. The standard InChI is InChI=1S/C11H15N3.2C3H9N.Ti/c1-14(8-10-4-2-6-12-10)9-11-5-3-7-13-11;2*1-4(2)3;/h2-7,12-13H,8-9H2,1H3;2*1-3H3;. The van der Waals surface area contributed by atoms with E-state index < -0.39 is 0 Å². The molecule has 2 aromatic heterocycles. The second-order valence-electron chi connectivity index (χ2n) is 6.25. The Labute approximate surface area is 156 Å². The molecule has 130 valence electrons. The number of nitrogens with zero attached hydrogens (tertiary/aromatic N) is 3. The first-order valence-corrected chi connectivity index (χ1v) is 7.46. The summed E-state index contributed by atoms with van der Waals surface area (Å²) in [5.74, 6) is 0. The number of H-pyrrole nitrogens is 2. The number of hydrogen-bond donors (Lipinski definition) is 2. The molecule has 2 aromatic rings. The Bertz CT molecular complexity index is 390. The van der Waals surface area contributed by atoms with E-state index in [0.29, 0.717) is 0 Å². The molecule has 0 radical (unpaired) electrons. The third-order valence-electron chi connectivity index (χ3n) is 2.21. The summed E-state index contributed by atoms with van der Waals surface area (Å²) >= 11 is 0. The van der Waals surface area contributed by atoms with Gasteiger partial charge in [-0.1, -0.05) is 0 Å². The number of aromatic nitrogens is 2. The fourth-order valence-electron chi connectivity index (χ4n) is 1.57. The van der Waals surface area contributed by atoms with Crippen molar-refractivity contribution in [2.24, 2.45) is 0 Å². The third kappa shape index (κ3) is 17.3. The maximum atomic E-state index is 3.20. The molecule has 0 aliphatic carbocycles. The van der Waals surface area contributed by atoms with Gasteiger partial charge in [0, 0.05) is 58.6 Å². The van der Waals surface area contributed by atoms with Crippen LogP contribution in [0.15, 0.2) is 36.7 Å². The van der Waals surface area contributed by atoms with Crippen molar-refractivity contribution in [3.8, 4) is 0 Å². The van der Waals surface area contributed by atoms with Crippen LogP contribution >= 0.6 is 0 Å². The van der Waals surface area contributed by atoms with Crippen LogP contribution in [-0.4, -0.2) is 74.0 Å². The molecule has 6 heteroatoms. The van der Waals surface area contributed by atoms with Crippen molar-refractivity contribution < 1.29 is 21.7 Å². The molecule has 0 bridgehead atoms. The molecular formula is C17H33N5Ti. The minimum absolute atomic E-state index is 0. The predicted molar refractivity (Wildman–Crippen MR) is 96.0 cm³/mol. The zero-order valence-corrected chi connectivity index (χ0v) is 17.3. The van der Waals surface area contributed by atoms with E-state index in [1.54, 1.807) is 0 Å². The summed E-state index contributed by atoms with van der Waals surface area (Å²) < 4.78 is 0. The fraction of sp³-hybridized carbons (Fsp3) is 0.529. The molecule has 0 unspecified atom stereocenters. The molecular weight excluding hydrogens is 322 g/mol. The van der Waals surface area contributed by atoms with Crippen LogP contribution in [-0.2, 0) is 34.8 Å².